The average molecular weight is 302 g/mol. The molecule has 0 saturated heterocycles. The van der Waals surface area contributed by atoms with E-state index in [1.165, 1.54) is 0 Å². The zero-order valence-corrected chi connectivity index (χ0v) is 13.9. The maximum atomic E-state index is 12.3. The molecule has 0 rings (SSSR count). The van der Waals surface area contributed by atoms with E-state index in [-0.39, 0.29) is 24.5 Å². The van der Waals surface area contributed by atoms with Gasteiger partial charge in [-0.3, -0.25) is 9.59 Å². The van der Waals surface area contributed by atoms with Gasteiger partial charge in [0.2, 0.25) is 5.91 Å². The predicted octanol–water partition coefficient (Wildman–Crippen LogP) is 0.990. The fourth-order valence-corrected chi connectivity index (χ4v) is 2.02. The molecule has 0 heterocycles. The van der Waals surface area contributed by atoms with Crippen LogP contribution in [0.4, 0.5) is 0 Å². The molecule has 0 aromatic carbocycles. The van der Waals surface area contributed by atoms with Crippen LogP contribution < -0.4 is 5.32 Å². The number of carbonyl (C=O) groups is 2. The molecular weight excluding hydrogens is 272 g/mol. The highest BCUT2D eigenvalue weighted by molar-refractivity contribution is 5.81. The van der Waals surface area contributed by atoms with E-state index in [9.17, 15) is 9.59 Å². The van der Waals surface area contributed by atoms with E-state index in [0.717, 1.165) is 6.54 Å². The van der Waals surface area contributed by atoms with E-state index in [4.69, 9.17) is 9.84 Å². The number of aliphatic hydroxyl groups excluding tert-OH is 1. The maximum absolute atomic E-state index is 12.3. The number of nitrogens with zero attached hydrogens (tertiary/aromatic N) is 1. The summed E-state index contributed by atoms with van der Waals surface area (Å²) < 4.78 is 5.35. The van der Waals surface area contributed by atoms with Gasteiger partial charge in [-0.25, -0.2) is 0 Å². The smallest absolute Gasteiger partial charge is 0.311 e. The van der Waals surface area contributed by atoms with Gasteiger partial charge in [-0.2, -0.15) is 0 Å². The summed E-state index contributed by atoms with van der Waals surface area (Å²) in [4.78, 5) is 26.0. The lowest BCUT2D eigenvalue weighted by Crippen LogP contribution is -2.37. The van der Waals surface area contributed by atoms with Gasteiger partial charge in [0.05, 0.1) is 5.41 Å². The standard InChI is InChI=1S/C15H30N2O4/c1-6-15(4,10-12(3)13(19)16-11-18)14(20)21-9-8-17(5)7-2/h12,18H,6-11H2,1-5H3,(H,16,19). The lowest BCUT2D eigenvalue weighted by molar-refractivity contribution is -0.157. The van der Waals surface area contributed by atoms with Crippen molar-refractivity contribution in [2.45, 2.75) is 40.5 Å². The normalized spacial score (nSPS) is 15.4. The van der Waals surface area contributed by atoms with Gasteiger partial charge in [-0.15, -0.1) is 0 Å². The van der Waals surface area contributed by atoms with Gasteiger partial charge in [0.15, 0.2) is 0 Å². The summed E-state index contributed by atoms with van der Waals surface area (Å²) in [6.45, 7) is 9.09. The Morgan fingerprint density at radius 1 is 1.38 bits per heavy atom. The minimum absolute atomic E-state index is 0.254. The molecule has 2 atom stereocenters. The molecule has 0 aliphatic heterocycles. The molecule has 0 radical (unpaired) electrons. The lowest BCUT2D eigenvalue weighted by Gasteiger charge is -2.28. The second kappa shape index (κ2) is 9.73. The number of likely N-dealkylation sites (N-methyl/N-ethyl adjacent to an activating group) is 1. The minimum atomic E-state index is -0.684. The molecule has 0 aliphatic carbocycles. The lowest BCUT2D eigenvalue weighted by atomic mass is 9.79. The quantitative estimate of drug-likeness (QED) is 0.465. The van der Waals surface area contributed by atoms with Crippen LogP contribution in [0.25, 0.3) is 0 Å². The van der Waals surface area contributed by atoms with Gasteiger partial charge in [-0.1, -0.05) is 20.8 Å². The first-order chi connectivity index (χ1) is 9.80. The molecule has 0 spiro atoms. The molecule has 0 aromatic heterocycles. The third kappa shape index (κ3) is 6.91. The van der Waals surface area contributed by atoms with Crippen LogP contribution in [-0.2, 0) is 14.3 Å². The Kier molecular flexibility index (Phi) is 9.21. The third-order valence-corrected chi connectivity index (χ3v) is 3.98. The van der Waals surface area contributed by atoms with Crippen molar-refractivity contribution in [2.24, 2.45) is 11.3 Å². The fourth-order valence-electron chi connectivity index (χ4n) is 2.02. The molecule has 1 amide bonds. The van der Waals surface area contributed by atoms with Crippen LogP contribution >= 0.6 is 0 Å². The number of nitrogens with one attached hydrogen (secondary N) is 1. The van der Waals surface area contributed by atoms with Crippen molar-refractivity contribution in [3.63, 3.8) is 0 Å². The third-order valence-electron chi connectivity index (χ3n) is 3.98. The van der Waals surface area contributed by atoms with Gasteiger partial charge in [-0.05, 0) is 33.4 Å². The van der Waals surface area contributed by atoms with Crippen LogP contribution in [-0.4, -0.2) is 55.4 Å². The van der Waals surface area contributed by atoms with Gasteiger partial charge in [0.1, 0.15) is 13.3 Å². The minimum Gasteiger partial charge on any atom is -0.464 e. The van der Waals surface area contributed by atoms with E-state index >= 15 is 0 Å². The van der Waals surface area contributed by atoms with E-state index < -0.39 is 5.41 Å². The molecule has 6 nitrogen and oxygen atoms in total. The number of esters is 1. The van der Waals surface area contributed by atoms with Crippen molar-refractivity contribution in [3.05, 3.63) is 0 Å². The molecule has 124 valence electrons. The van der Waals surface area contributed by atoms with Gasteiger partial charge in [0.25, 0.3) is 0 Å². The number of hydrogen-bond donors (Lipinski definition) is 2. The Morgan fingerprint density at radius 2 is 2.00 bits per heavy atom. The Morgan fingerprint density at radius 3 is 2.48 bits per heavy atom. The molecule has 0 bridgehead atoms. The highest BCUT2D eigenvalue weighted by Gasteiger charge is 2.36. The van der Waals surface area contributed by atoms with Gasteiger partial charge >= 0.3 is 5.97 Å². The number of ether oxygens (including phenoxy) is 1. The van der Waals surface area contributed by atoms with Crippen LogP contribution in [0.15, 0.2) is 0 Å². The molecule has 21 heavy (non-hydrogen) atoms. The summed E-state index contributed by atoms with van der Waals surface area (Å²) in [6.07, 6.45) is 1.00. The largest absolute Gasteiger partial charge is 0.464 e. The van der Waals surface area contributed by atoms with Crippen LogP contribution in [0.1, 0.15) is 40.5 Å². The Labute approximate surface area is 127 Å². The van der Waals surface area contributed by atoms with Crippen LogP contribution in [0.2, 0.25) is 0 Å². The number of carbonyl (C=O) groups excluding carboxylic acids is 2. The second-order valence-electron chi connectivity index (χ2n) is 5.75. The Bertz CT molecular complexity index is 336. The first-order valence-electron chi connectivity index (χ1n) is 7.55. The van der Waals surface area contributed by atoms with Crippen molar-refractivity contribution in [3.8, 4) is 0 Å². The van der Waals surface area contributed by atoms with Crippen LogP contribution in [0.3, 0.4) is 0 Å². The summed E-state index contributed by atoms with van der Waals surface area (Å²) in [7, 11) is 1.97. The van der Waals surface area contributed by atoms with Crippen molar-refractivity contribution in [1.82, 2.24) is 10.2 Å². The molecular formula is C15H30N2O4. The monoisotopic (exact) mass is 302 g/mol. The predicted molar refractivity (Wildman–Crippen MR) is 81.5 cm³/mol. The first kappa shape index (κ1) is 19.9. The maximum Gasteiger partial charge on any atom is 0.311 e. The van der Waals surface area contributed by atoms with Crippen LogP contribution in [0.5, 0.6) is 0 Å². The summed E-state index contributed by atoms with van der Waals surface area (Å²) in [6, 6.07) is 0. The summed E-state index contributed by atoms with van der Waals surface area (Å²) in [5.74, 6) is -0.873. The number of rotatable bonds is 10. The second-order valence-corrected chi connectivity index (χ2v) is 5.75. The molecule has 2 N–H and O–H groups in total. The number of hydrogen-bond acceptors (Lipinski definition) is 5. The fraction of sp³-hybridized carbons (Fsp3) is 0.867. The first-order valence-corrected chi connectivity index (χ1v) is 7.55. The van der Waals surface area contributed by atoms with Crippen molar-refractivity contribution < 1.29 is 19.4 Å². The molecule has 0 fully saturated rings. The molecule has 2 unspecified atom stereocenters. The number of aliphatic hydroxyl groups is 1. The summed E-state index contributed by atoms with van der Waals surface area (Å²) in [5.41, 5.74) is -0.684. The SMILES string of the molecule is CCN(C)CCOC(=O)C(C)(CC)CC(C)C(=O)NCO. The van der Waals surface area contributed by atoms with Gasteiger partial charge < -0.3 is 20.1 Å². The van der Waals surface area contributed by atoms with Crippen molar-refractivity contribution in [2.75, 3.05) is 33.5 Å². The van der Waals surface area contributed by atoms with Crippen molar-refractivity contribution >= 4 is 11.9 Å². The van der Waals surface area contributed by atoms with E-state index in [1.807, 2.05) is 27.8 Å². The summed E-state index contributed by atoms with van der Waals surface area (Å²) >= 11 is 0. The average Bonchev–Trinajstić information content (AvgIpc) is 2.46. The molecule has 6 heteroatoms. The number of amides is 1. The zero-order chi connectivity index (χ0) is 16.5. The van der Waals surface area contributed by atoms with E-state index in [0.29, 0.717) is 26.0 Å². The van der Waals surface area contributed by atoms with Crippen LogP contribution in [0, 0.1) is 11.3 Å². The molecule has 0 aliphatic rings. The topological polar surface area (TPSA) is 78.9 Å². The zero-order valence-electron chi connectivity index (χ0n) is 13.9. The highest BCUT2D eigenvalue weighted by Crippen LogP contribution is 2.31. The Balaban J connectivity index is 4.48. The van der Waals surface area contributed by atoms with Gasteiger partial charge in [0, 0.05) is 12.5 Å². The molecule has 0 aromatic rings. The summed E-state index contributed by atoms with van der Waals surface area (Å²) in [5, 5.41) is 11.1. The van der Waals surface area contributed by atoms with Crippen molar-refractivity contribution in [1.29, 1.82) is 0 Å². The van der Waals surface area contributed by atoms with E-state index in [1.54, 1.807) is 6.92 Å². The molecule has 0 saturated carbocycles. The van der Waals surface area contributed by atoms with E-state index in [2.05, 4.69) is 10.2 Å². The highest BCUT2D eigenvalue weighted by atomic mass is 16.5. The Hall–Kier alpha value is -1.14.